The number of amides is 1. The maximum atomic E-state index is 12.5. The minimum Gasteiger partial charge on any atom is -0.481 e. The predicted octanol–water partition coefficient (Wildman–Crippen LogP) is 2.59. The number of aromatic nitrogens is 3. The lowest BCUT2D eigenvalue weighted by molar-refractivity contribution is -0.151. The molecule has 8 nitrogen and oxygen atoms in total. The van der Waals surface area contributed by atoms with E-state index in [0.29, 0.717) is 6.42 Å². The molecule has 4 N–H and O–H groups in total. The number of nitrogens with one attached hydrogen (secondary N) is 2. The first kappa shape index (κ1) is 22.2. The van der Waals surface area contributed by atoms with Gasteiger partial charge < -0.3 is 15.5 Å². The van der Waals surface area contributed by atoms with Crippen molar-refractivity contribution in [3.05, 3.63) is 71.5 Å². The van der Waals surface area contributed by atoms with Crippen molar-refractivity contribution < 1.29 is 19.8 Å². The molecule has 0 radical (unpaired) electrons. The van der Waals surface area contributed by atoms with Crippen molar-refractivity contribution in [3.63, 3.8) is 0 Å². The standard InChI is InChI=1S/C23H26N4O4/c1-15-5-3-4-6-19(15)17-9-7-16(8-10-17)11-18(12-23(2,14-28)22(30)31)25-21(29)20-13-24-27-26-20/h3-10,13,18,28H,11-12,14H2,1-2H3,(H,25,29)(H,30,31)(H,24,26,27). The zero-order valence-corrected chi connectivity index (χ0v) is 17.5. The van der Waals surface area contributed by atoms with Crippen molar-refractivity contribution in [2.45, 2.75) is 32.7 Å². The summed E-state index contributed by atoms with van der Waals surface area (Å²) in [7, 11) is 0. The third-order valence-corrected chi connectivity index (χ3v) is 5.44. The van der Waals surface area contributed by atoms with E-state index >= 15 is 0 Å². The van der Waals surface area contributed by atoms with Crippen molar-refractivity contribution in [2.24, 2.45) is 5.41 Å². The Labute approximate surface area is 180 Å². The van der Waals surface area contributed by atoms with Gasteiger partial charge >= 0.3 is 5.97 Å². The van der Waals surface area contributed by atoms with Crippen LogP contribution in [0.15, 0.2) is 54.7 Å². The Morgan fingerprint density at radius 3 is 2.45 bits per heavy atom. The van der Waals surface area contributed by atoms with Crippen molar-refractivity contribution in [2.75, 3.05) is 6.61 Å². The summed E-state index contributed by atoms with van der Waals surface area (Å²) in [6.45, 7) is 2.98. The molecular formula is C23H26N4O4. The molecule has 0 aliphatic rings. The zero-order valence-electron chi connectivity index (χ0n) is 17.5. The quantitative estimate of drug-likeness (QED) is 0.420. The number of H-pyrrole nitrogens is 1. The van der Waals surface area contributed by atoms with Crippen LogP contribution >= 0.6 is 0 Å². The molecule has 0 aliphatic heterocycles. The van der Waals surface area contributed by atoms with Gasteiger partial charge in [0.15, 0.2) is 5.69 Å². The fraction of sp³-hybridized carbons (Fsp3) is 0.304. The lowest BCUT2D eigenvalue weighted by Gasteiger charge is -2.28. The summed E-state index contributed by atoms with van der Waals surface area (Å²) in [6, 6.07) is 15.5. The molecule has 2 unspecified atom stereocenters. The molecule has 2 atom stereocenters. The third kappa shape index (κ3) is 5.35. The molecule has 1 aromatic heterocycles. The van der Waals surface area contributed by atoms with Gasteiger partial charge in [-0.05, 0) is 48.9 Å². The molecule has 162 valence electrons. The maximum Gasteiger partial charge on any atom is 0.311 e. The molecule has 0 spiro atoms. The summed E-state index contributed by atoms with van der Waals surface area (Å²) in [5.41, 5.74) is 3.06. The van der Waals surface area contributed by atoms with E-state index in [4.69, 9.17) is 0 Å². The molecular weight excluding hydrogens is 396 g/mol. The summed E-state index contributed by atoms with van der Waals surface area (Å²) in [5.74, 6) is -1.58. The lowest BCUT2D eigenvalue weighted by atomic mass is 9.82. The Hall–Kier alpha value is -3.52. The lowest BCUT2D eigenvalue weighted by Crippen LogP contribution is -2.44. The Bertz CT molecular complexity index is 1030. The molecule has 0 saturated heterocycles. The summed E-state index contributed by atoms with van der Waals surface area (Å²) >= 11 is 0. The van der Waals surface area contributed by atoms with Crippen LogP contribution in [0.2, 0.25) is 0 Å². The van der Waals surface area contributed by atoms with Gasteiger partial charge in [-0.15, -0.1) is 0 Å². The largest absolute Gasteiger partial charge is 0.481 e. The Morgan fingerprint density at radius 2 is 1.87 bits per heavy atom. The number of hydrogen-bond acceptors (Lipinski definition) is 5. The number of carbonyl (C=O) groups excluding carboxylic acids is 1. The van der Waals surface area contributed by atoms with Crippen LogP contribution in [0.3, 0.4) is 0 Å². The fourth-order valence-electron chi connectivity index (χ4n) is 3.51. The number of benzene rings is 2. The monoisotopic (exact) mass is 422 g/mol. The van der Waals surface area contributed by atoms with Gasteiger partial charge in [-0.1, -0.05) is 48.5 Å². The Balaban J connectivity index is 1.81. The number of rotatable bonds is 9. The van der Waals surface area contributed by atoms with E-state index in [1.807, 2.05) is 36.4 Å². The minimum atomic E-state index is -1.39. The van der Waals surface area contributed by atoms with Crippen molar-refractivity contribution >= 4 is 11.9 Å². The molecule has 0 saturated carbocycles. The van der Waals surface area contributed by atoms with Gasteiger partial charge in [0, 0.05) is 6.04 Å². The van der Waals surface area contributed by atoms with E-state index in [2.05, 4.69) is 39.8 Å². The number of aliphatic carboxylic acids is 1. The molecule has 3 rings (SSSR count). The highest BCUT2D eigenvalue weighted by atomic mass is 16.4. The number of carboxylic acid groups (broad SMARTS) is 1. The van der Waals surface area contributed by atoms with Crippen LogP contribution in [0.5, 0.6) is 0 Å². The number of carbonyl (C=O) groups is 2. The summed E-state index contributed by atoms with van der Waals surface area (Å²) in [4.78, 5) is 24.2. The fourth-order valence-corrected chi connectivity index (χ4v) is 3.51. The van der Waals surface area contributed by atoms with E-state index in [-0.39, 0.29) is 12.1 Å². The number of carboxylic acids is 1. The van der Waals surface area contributed by atoms with Crippen LogP contribution in [-0.4, -0.2) is 50.1 Å². The normalized spacial score (nSPS) is 13.9. The van der Waals surface area contributed by atoms with Gasteiger partial charge in [0.25, 0.3) is 5.91 Å². The highest BCUT2D eigenvalue weighted by Crippen LogP contribution is 2.27. The number of aromatic amines is 1. The number of aliphatic hydroxyl groups is 1. The first-order chi connectivity index (χ1) is 14.8. The van der Waals surface area contributed by atoms with Gasteiger partial charge in [0.05, 0.1) is 18.2 Å². The van der Waals surface area contributed by atoms with Gasteiger partial charge in [-0.2, -0.15) is 15.4 Å². The number of aryl methyl sites for hydroxylation is 1. The van der Waals surface area contributed by atoms with Crippen LogP contribution in [0.1, 0.15) is 35.0 Å². The second-order valence-corrected chi connectivity index (χ2v) is 7.97. The summed E-state index contributed by atoms with van der Waals surface area (Å²) < 4.78 is 0. The first-order valence-corrected chi connectivity index (χ1v) is 9.98. The molecule has 0 bridgehead atoms. The average Bonchev–Trinajstić information content (AvgIpc) is 3.29. The molecule has 31 heavy (non-hydrogen) atoms. The van der Waals surface area contributed by atoms with Crippen LogP contribution < -0.4 is 5.32 Å². The number of nitrogens with zero attached hydrogens (tertiary/aromatic N) is 2. The van der Waals surface area contributed by atoms with Crippen LogP contribution in [0.4, 0.5) is 0 Å². The van der Waals surface area contributed by atoms with E-state index < -0.39 is 29.9 Å². The molecule has 2 aromatic carbocycles. The molecule has 8 heteroatoms. The van der Waals surface area contributed by atoms with Crippen LogP contribution in [-0.2, 0) is 11.2 Å². The molecule has 3 aromatic rings. The van der Waals surface area contributed by atoms with Gasteiger partial charge in [0.1, 0.15) is 0 Å². The van der Waals surface area contributed by atoms with Gasteiger partial charge in [-0.3, -0.25) is 9.59 Å². The summed E-state index contributed by atoms with van der Waals surface area (Å²) in [6.07, 6.45) is 1.76. The second-order valence-electron chi connectivity index (χ2n) is 7.97. The maximum absolute atomic E-state index is 12.5. The van der Waals surface area contributed by atoms with E-state index in [1.54, 1.807) is 0 Å². The molecule has 1 amide bonds. The molecule has 0 aliphatic carbocycles. The van der Waals surface area contributed by atoms with Crippen molar-refractivity contribution in [1.82, 2.24) is 20.7 Å². The van der Waals surface area contributed by atoms with E-state index in [9.17, 15) is 19.8 Å². The van der Waals surface area contributed by atoms with E-state index in [0.717, 1.165) is 16.7 Å². The highest BCUT2D eigenvalue weighted by Gasteiger charge is 2.36. The minimum absolute atomic E-state index is 0.0575. The average molecular weight is 422 g/mol. The number of hydrogen-bond donors (Lipinski definition) is 4. The molecule has 0 fully saturated rings. The summed E-state index contributed by atoms with van der Waals surface area (Å²) in [5, 5.41) is 31.8. The van der Waals surface area contributed by atoms with Gasteiger partial charge in [0.2, 0.25) is 0 Å². The predicted molar refractivity (Wildman–Crippen MR) is 115 cm³/mol. The van der Waals surface area contributed by atoms with Crippen molar-refractivity contribution in [1.29, 1.82) is 0 Å². The third-order valence-electron chi connectivity index (χ3n) is 5.44. The molecule has 1 heterocycles. The Kier molecular flexibility index (Phi) is 6.81. The van der Waals surface area contributed by atoms with Crippen LogP contribution in [0.25, 0.3) is 11.1 Å². The van der Waals surface area contributed by atoms with E-state index in [1.165, 1.54) is 18.7 Å². The Morgan fingerprint density at radius 1 is 1.16 bits per heavy atom. The SMILES string of the molecule is Cc1ccccc1-c1ccc(CC(CC(C)(CO)C(=O)O)NC(=O)c2cn[nH]n2)cc1. The number of aliphatic hydroxyl groups excluding tert-OH is 1. The second kappa shape index (κ2) is 9.53. The smallest absolute Gasteiger partial charge is 0.311 e. The van der Waals surface area contributed by atoms with Crippen LogP contribution in [0, 0.1) is 12.3 Å². The zero-order chi connectivity index (χ0) is 22.4. The van der Waals surface area contributed by atoms with Gasteiger partial charge in [-0.25, -0.2) is 0 Å². The highest BCUT2D eigenvalue weighted by molar-refractivity contribution is 5.92. The first-order valence-electron chi connectivity index (χ1n) is 9.98. The topological polar surface area (TPSA) is 128 Å². The van der Waals surface area contributed by atoms with Crippen molar-refractivity contribution in [3.8, 4) is 11.1 Å².